The summed E-state index contributed by atoms with van der Waals surface area (Å²) in [6.45, 7) is 3.56. The lowest BCUT2D eigenvalue weighted by molar-refractivity contribution is 0.259. The van der Waals surface area contributed by atoms with Gasteiger partial charge in [0.25, 0.3) is 0 Å². The Morgan fingerprint density at radius 1 is 1.12 bits per heavy atom. The van der Waals surface area contributed by atoms with E-state index in [1.165, 1.54) is 37.9 Å². The van der Waals surface area contributed by atoms with Crippen molar-refractivity contribution in [2.45, 2.75) is 31.8 Å². The summed E-state index contributed by atoms with van der Waals surface area (Å²) in [7, 11) is 0. The molecule has 3 rings (SSSR count). The van der Waals surface area contributed by atoms with E-state index < -0.39 is 0 Å². The second-order valence-electron chi connectivity index (χ2n) is 5.70. The van der Waals surface area contributed by atoms with Gasteiger partial charge in [0.05, 0.1) is 0 Å². The summed E-state index contributed by atoms with van der Waals surface area (Å²) in [5.41, 5.74) is 7.68. The summed E-state index contributed by atoms with van der Waals surface area (Å²) in [4.78, 5) is 2.59. The molecule has 2 N–H and O–H groups in total. The standard InChI is InChI=1S/C15H22N2/c16-15-8-4-7-13-10-17(11-14(13)15)9-12-5-2-1-3-6-12/h1-3,5-6,13-15H,4,7-11,16H2/t13-,14-,15+/m1/s1. The monoisotopic (exact) mass is 230 g/mol. The van der Waals surface area contributed by atoms with Gasteiger partial charge in [-0.15, -0.1) is 0 Å². The molecule has 1 saturated heterocycles. The highest BCUT2D eigenvalue weighted by Gasteiger charge is 2.38. The molecular formula is C15H22N2. The molecule has 0 aromatic heterocycles. The molecule has 92 valence electrons. The molecule has 2 heteroatoms. The van der Waals surface area contributed by atoms with Crippen LogP contribution in [0, 0.1) is 11.8 Å². The van der Waals surface area contributed by atoms with Crippen LogP contribution in [0.1, 0.15) is 24.8 Å². The van der Waals surface area contributed by atoms with Crippen LogP contribution in [0.3, 0.4) is 0 Å². The van der Waals surface area contributed by atoms with Gasteiger partial charge in [-0.2, -0.15) is 0 Å². The van der Waals surface area contributed by atoms with Crippen LogP contribution in [0.4, 0.5) is 0 Å². The molecule has 0 bridgehead atoms. The number of hydrogen-bond donors (Lipinski definition) is 1. The van der Waals surface area contributed by atoms with Gasteiger partial charge in [0.15, 0.2) is 0 Å². The van der Waals surface area contributed by atoms with E-state index in [4.69, 9.17) is 5.73 Å². The summed E-state index contributed by atoms with van der Waals surface area (Å²) in [6.07, 6.45) is 3.96. The van der Waals surface area contributed by atoms with Crippen LogP contribution in [0.15, 0.2) is 30.3 Å². The fourth-order valence-corrected chi connectivity index (χ4v) is 3.58. The third kappa shape index (κ3) is 2.38. The summed E-state index contributed by atoms with van der Waals surface area (Å²) in [5, 5.41) is 0. The zero-order chi connectivity index (χ0) is 11.7. The Morgan fingerprint density at radius 2 is 1.94 bits per heavy atom. The fourth-order valence-electron chi connectivity index (χ4n) is 3.58. The zero-order valence-electron chi connectivity index (χ0n) is 10.4. The van der Waals surface area contributed by atoms with Crippen LogP contribution < -0.4 is 5.73 Å². The van der Waals surface area contributed by atoms with Gasteiger partial charge in [-0.3, -0.25) is 4.90 Å². The number of hydrogen-bond acceptors (Lipinski definition) is 2. The number of fused-ring (bicyclic) bond motifs is 1. The lowest BCUT2D eigenvalue weighted by Gasteiger charge is -2.29. The molecule has 1 aromatic carbocycles. The van der Waals surface area contributed by atoms with E-state index in [0.717, 1.165) is 18.4 Å². The first-order valence-corrected chi connectivity index (χ1v) is 6.85. The average Bonchev–Trinajstić information content (AvgIpc) is 2.74. The number of likely N-dealkylation sites (tertiary alicyclic amines) is 1. The summed E-state index contributed by atoms with van der Waals surface area (Å²) < 4.78 is 0. The van der Waals surface area contributed by atoms with Crippen molar-refractivity contribution in [3.05, 3.63) is 35.9 Å². The summed E-state index contributed by atoms with van der Waals surface area (Å²) in [6, 6.07) is 11.2. The number of benzene rings is 1. The van der Waals surface area contributed by atoms with E-state index in [-0.39, 0.29) is 0 Å². The van der Waals surface area contributed by atoms with Gasteiger partial charge in [-0.1, -0.05) is 36.8 Å². The van der Waals surface area contributed by atoms with Crippen LogP contribution in [0.2, 0.25) is 0 Å². The SMILES string of the molecule is N[C@H]1CCC[C@@H]2CN(Cc3ccccc3)C[C@H]21. The normalized spacial score (nSPS) is 33.6. The molecule has 0 amide bonds. The Labute approximate surface area is 104 Å². The van der Waals surface area contributed by atoms with Crippen LogP contribution >= 0.6 is 0 Å². The summed E-state index contributed by atoms with van der Waals surface area (Å²) in [5.74, 6) is 1.62. The first kappa shape index (κ1) is 11.2. The van der Waals surface area contributed by atoms with Crippen molar-refractivity contribution < 1.29 is 0 Å². The van der Waals surface area contributed by atoms with E-state index in [9.17, 15) is 0 Å². The van der Waals surface area contributed by atoms with Crippen LogP contribution in [-0.4, -0.2) is 24.0 Å². The highest BCUT2D eigenvalue weighted by atomic mass is 15.2. The Bertz CT molecular complexity index is 362. The van der Waals surface area contributed by atoms with Crippen molar-refractivity contribution >= 4 is 0 Å². The third-order valence-electron chi connectivity index (χ3n) is 4.48. The van der Waals surface area contributed by atoms with Gasteiger partial charge in [0, 0.05) is 25.7 Å². The molecule has 0 unspecified atom stereocenters. The highest BCUT2D eigenvalue weighted by Crippen LogP contribution is 2.35. The summed E-state index contributed by atoms with van der Waals surface area (Å²) >= 11 is 0. The van der Waals surface area contributed by atoms with Gasteiger partial charge < -0.3 is 5.73 Å². The number of nitrogens with two attached hydrogens (primary N) is 1. The van der Waals surface area contributed by atoms with Gasteiger partial charge in [0.1, 0.15) is 0 Å². The molecule has 0 radical (unpaired) electrons. The average molecular weight is 230 g/mol. The lowest BCUT2D eigenvalue weighted by Crippen LogP contribution is -2.38. The minimum Gasteiger partial charge on any atom is -0.327 e. The predicted octanol–water partition coefficient (Wildman–Crippen LogP) is 2.25. The van der Waals surface area contributed by atoms with Crippen molar-refractivity contribution in [1.82, 2.24) is 4.90 Å². The second kappa shape index (κ2) is 4.79. The molecular weight excluding hydrogens is 208 g/mol. The van der Waals surface area contributed by atoms with Gasteiger partial charge in [0.2, 0.25) is 0 Å². The lowest BCUT2D eigenvalue weighted by atomic mass is 9.78. The Morgan fingerprint density at radius 3 is 2.71 bits per heavy atom. The Kier molecular flexibility index (Phi) is 3.17. The minimum absolute atomic E-state index is 0.453. The maximum atomic E-state index is 6.25. The maximum absolute atomic E-state index is 6.25. The van der Waals surface area contributed by atoms with Crippen molar-refractivity contribution in [2.75, 3.05) is 13.1 Å². The first-order valence-electron chi connectivity index (χ1n) is 6.85. The van der Waals surface area contributed by atoms with Crippen LogP contribution in [0.5, 0.6) is 0 Å². The number of rotatable bonds is 2. The van der Waals surface area contributed by atoms with Crippen molar-refractivity contribution in [1.29, 1.82) is 0 Å². The number of nitrogens with zero attached hydrogens (tertiary/aromatic N) is 1. The zero-order valence-corrected chi connectivity index (χ0v) is 10.4. The highest BCUT2D eigenvalue weighted by molar-refractivity contribution is 5.14. The van der Waals surface area contributed by atoms with Gasteiger partial charge in [-0.05, 0) is 30.2 Å². The Balaban J connectivity index is 1.64. The van der Waals surface area contributed by atoms with Crippen molar-refractivity contribution in [3.8, 4) is 0 Å². The molecule has 2 aliphatic rings. The molecule has 1 aliphatic carbocycles. The van der Waals surface area contributed by atoms with E-state index >= 15 is 0 Å². The molecule has 1 aliphatic heterocycles. The van der Waals surface area contributed by atoms with E-state index in [1.807, 2.05) is 0 Å². The quantitative estimate of drug-likeness (QED) is 0.844. The smallest absolute Gasteiger partial charge is 0.0233 e. The molecule has 17 heavy (non-hydrogen) atoms. The van der Waals surface area contributed by atoms with E-state index in [2.05, 4.69) is 35.2 Å². The molecule has 1 heterocycles. The first-order chi connectivity index (χ1) is 8.33. The van der Waals surface area contributed by atoms with Crippen molar-refractivity contribution in [3.63, 3.8) is 0 Å². The molecule has 3 atom stereocenters. The maximum Gasteiger partial charge on any atom is 0.0233 e. The molecule has 1 saturated carbocycles. The topological polar surface area (TPSA) is 29.3 Å². The van der Waals surface area contributed by atoms with Crippen LogP contribution in [-0.2, 0) is 6.54 Å². The minimum atomic E-state index is 0.453. The Hall–Kier alpha value is -0.860. The molecule has 2 fully saturated rings. The fraction of sp³-hybridized carbons (Fsp3) is 0.600. The molecule has 0 spiro atoms. The molecule has 2 nitrogen and oxygen atoms in total. The van der Waals surface area contributed by atoms with Gasteiger partial charge in [-0.25, -0.2) is 0 Å². The molecule has 1 aromatic rings. The van der Waals surface area contributed by atoms with Crippen molar-refractivity contribution in [2.24, 2.45) is 17.6 Å². The largest absolute Gasteiger partial charge is 0.327 e. The second-order valence-corrected chi connectivity index (χ2v) is 5.70. The third-order valence-corrected chi connectivity index (χ3v) is 4.48. The predicted molar refractivity (Wildman–Crippen MR) is 70.5 cm³/mol. The van der Waals surface area contributed by atoms with E-state index in [1.54, 1.807) is 0 Å². The van der Waals surface area contributed by atoms with Crippen LogP contribution in [0.25, 0.3) is 0 Å². The van der Waals surface area contributed by atoms with E-state index in [0.29, 0.717) is 6.04 Å². The van der Waals surface area contributed by atoms with Gasteiger partial charge >= 0.3 is 0 Å².